The fourth-order valence-corrected chi connectivity index (χ4v) is 2.90. The molecular formula is C22H22FN3O4. The molecule has 156 valence electrons. The van der Waals surface area contributed by atoms with Crippen molar-refractivity contribution in [2.24, 2.45) is 0 Å². The molecule has 0 spiro atoms. The number of esters is 1. The number of hydrogen-bond donors (Lipinski definition) is 0. The van der Waals surface area contributed by atoms with Crippen LogP contribution in [0.15, 0.2) is 48.9 Å². The summed E-state index contributed by atoms with van der Waals surface area (Å²) >= 11 is 0. The Morgan fingerprint density at radius 2 is 2.10 bits per heavy atom. The summed E-state index contributed by atoms with van der Waals surface area (Å²) < 4.78 is 31.6. The van der Waals surface area contributed by atoms with E-state index in [2.05, 4.69) is 10.1 Å². The van der Waals surface area contributed by atoms with Crippen LogP contribution in [0.2, 0.25) is 0 Å². The van der Waals surface area contributed by atoms with Crippen LogP contribution in [0.5, 0.6) is 11.6 Å². The zero-order valence-corrected chi connectivity index (χ0v) is 16.6. The van der Waals surface area contributed by atoms with Gasteiger partial charge in [-0.15, -0.1) is 0 Å². The van der Waals surface area contributed by atoms with E-state index in [9.17, 15) is 9.18 Å². The Labute approximate surface area is 173 Å². The van der Waals surface area contributed by atoms with Crippen LogP contribution in [0.4, 0.5) is 4.39 Å². The lowest BCUT2D eigenvalue weighted by Gasteiger charge is -2.08. The van der Waals surface area contributed by atoms with Crippen molar-refractivity contribution in [3.05, 3.63) is 65.9 Å². The maximum atomic E-state index is 14.1. The number of aryl methyl sites for hydroxylation is 1. The Kier molecular flexibility index (Phi) is 5.92. The van der Waals surface area contributed by atoms with E-state index in [1.807, 2.05) is 24.3 Å². The zero-order chi connectivity index (χ0) is 20.9. The quantitative estimate of drug-likeness (QED) is 0.501. The number of ether oxygens (including phenoxy) is 3. The normalized spacial score (nSPS) is 13.1. The highest BCUT2D eigenvalue weighted by Crippen LogP contribution is 2.24. The van der Waals surface area contributed by atoms with E-state index in [4.69, 9.17) is 14.2 Å². The first-order chi connectivity index (χ1) is 14.6. The number of nitrogens with zero attached hydrogens (tertiary/aromatic N) is 3. The van der Waals surface area contributed by atoms with Crippen molar-refractivity contribution in [1.82, 2.24) is 14.8 Å². The minimum Gasteiger partial charge on any atom is -0.489 e. The predicted octanol–water partition coefficient (Wildman–Crippen LogP) is 3.63. The van der Waals surface area contributed by atoms with Gasteiger partial charge in [0.25, 0.3) is 0 Å². The third-order valence-electron chi connectivity index (χ3n) is 4.65. The van der Waals surface area contributed by atoms with Gasteiger partial charge in [0.15, 0.2) is 5.82 Å². The standard InChI is InChI=1S/C22H22FN3O4/c1-28-21-10-20(19(23)12-24-21)26-13-16(11-25-26)14-29-18-4-2-3-15(9-18)5-8-22(27)30-17-6-7-17/h2-4,9-13,17H,5-8,14H2,1H3. The summed E-state index contributed by atoms with van der Waals surface area (Å²) in [6.07, 6.45) is 7.45. The van der Waals surface area contributed by atoms with Gasteiger partial charge < -0.3 is 14.2 Å². The fourth-order valence-electron chi connectivity index (χ4n) is 2.90. The molecule has 0 unspecified atom stereocenters. The molecule has 0 saturated heterocycles. The predicted molar refractivity (Wildman–Crippen MR) is 106 cm³/mol. The summed E-state index contributed by atoms with van der Waals surface area (Å²) in [6, 6.07) is 9.07. The molecule has 0 aliphatic heterocycles. The average molecular weight is 411 g/mol. The molecule has 4 rings (SSSR count). The summed E-state index contributed by atoms with van der Waals surface area (Å²) in [5, 5.41) is 4.19. The van der Waals surface area contributed by atoms with Crippen LogP contribution in [-0.4, -0.2) is 33.9 Å². The smallest absolute Gasteiger partial charge is 0.306 e. The highest BCUT2D eigenvalue weighted by Gasteiger charge is 2.25. The number of hydrogen-bond acceptors (Lipinski definition) is 6. The third kappa shape index (κ3) is 5.14. The van der Waals surface area contributed by atoms with Crippen LogP contribution < -0.4 is 9.47 Å². The Morgan fingerprint density at radius 1 is 1.23 bits per heavy atom. The SMILES string of the molecule is COc1cc(-n2cc(COc3cccc(CCC(=O)OC4CC4)c3)cn2)c(F)cn1. The number of pyridine rings is 1. The van der Waals surface area contributed by atoms with Gasteiger partial charge in [0.1, 0.15) is 24.1 Å². The van der Waals surface area contributed by atoms with Crippen LogP contribution in [0.3, 0.4) is 0 Å². The summed E-state index contributed by atoms with van der Waals surface area (Å²) in [5.41, 5.74) is 2.03. The molecule has 0 amide bonds. The van der Waals surface area contributed by atoms with Crippen molar-refractivity contribution >= 4 is 5.97 Å². The van der Waals surface area contributed by atoms with Gasteiger partial charge in [-0.05, 0) is 37.0 Å². The number of halogens is 1. The van der Waals surface area contributed by atoms with Crippen LogP contribution in [0.1, 0.15) is 30.4 Å². The van der Waals surface area contributed by atoms with E-state index in [1.165, 1.54) is 17.9 Å². The number of aromatic nitrogens is 3. The van der Waals surface area contributed by atoms with Crippen molar-refractivity contribution in [2.75, 3.05) is 7.11 Å². The second-order valence-corrected chi connectivity index (χ2v) is 7.10. The van der Waals surface area contributed by atoms with E-state index < -0.39 is 5.82 Å². The molecule has 30 heavy (non-hydrogen) atoms. The van der Waals surface area contributed by atoms with E-state index in [1.54, 1.807) is 12.4 Å². The molecule has 1 aromatic carbocycles. The van der Waals surface area contributed by atoms with Crippen molar-refractivity contribution in [3.8, 4) is 17.3 Å². The largest absolute Gasteiger partial charge is 0.489 e. The molecule has 0 N–H and O–H groups in total. The number of carbonyl (C=O) groups excluding carboxylic acids is 1. The van der Waals surface area contributed by atoms with Crippen molar-refractivity contribution in [2.45, 2.75) is 38.4 Å². The minimum absolute atomic E-state index is 0.134. The maximum Gasteiger partial charge on any atom is 0.306 e. The Morgan fingerprint density at radius 3 is 2.90 bits per heavy atom. The van der Waals surface area contributed by atoms with Crippen LogP contribution in [0, 0.1) is 5.82 Å². The lowest BCUT2D eigenvalue weighted by molar-refractivity contribution is -0.144. The zero-order valence-electron chi connectivity index (χ0n) is 16.6. The number of benzene rings is 1. The number of methoxy groups -OCH3 is 1. The van der Waals surface area contributed by atoms with Gasteiger partial charge in [-0.3, -0.25) is 4.79 Å². The van der Waals surface area contributed by atoms with E-state index in [0.717, 1.165) is 30.2 Å². The molecule has 8 heteroatoms. The van der Waals surface area contributed by atoms with Crippen LogP contribution in [-0.2, 0) is 22.6 Å². The lowest BCUT2D eigenvalue weighted by Crippen LogP contribution is -2.07. The topological polar surface area (TPSA) is 75.5 Å². The Bertz CT molecular complexity index is 1030. The van der Waals surface area contributed by atoms with Gasteiger partial charge in [0.2, 0.25) is 5.88 Å². The molecule has 2 aromatic heterocycles. The number of rotatable bonds is 9. The van der Waals surface area contributed by atoms with E-state index in [0.29, 0.717) is 24.5 Å². The molecule has 1 aliphatic carbocycles. The second kappa shape index (κ2) is 8.94. The van der Waals surface area contributed by atoms with Crippen LogP contribution >= 0.6 is 0 Å². The first-order valence-corrected chi connectivity index (χ1v) is 9.75. The summed E-state index contributed by atoms with van der Waals surface area (Å²) in [5.74, 6) is 0.334. The molecule has 1 aliphatic rings. The Hall–Kier alpha value is -3.42. The second-order valence-electron chi connectivity index (χ2n) is 7.10. The van der Waals surface area contributed by atoms with Crippen LogP contribution in [0.25, 0.3) is 5.69 Å². The fraction of sp³-hybridized carbons (Fsp3) is 0.318. The first kappa shape index (κ1) is 19.9. The van der Waals surface area contributed by atoms with Crippen molar-refractivity contribution in [3.63, 3.8) is 0 Å². The van der Waals surface area contributed by atoms with E-state index in [-0.39, 0.29) is 24.4 Å². The third-order valence-corrected chi connectivity index (χ3v) is 4.65. The molecular weight excluding hydrogens is 389 g/mol. The molecule has 0 radical (unpaired) electrons. The first-order valence-electron chi connectivity index (χ1n) is 9.75. The van der Waals surface area contributed by atoms with Gasteiger partial charge in [0.05, 0.1) is 19.5 Å². The molecule has 0 atom stereocenters. The van der Waals surface area contributed by atoms with Gasteiger partial charge in [-0.1, -0.05) is 12.1 Å². The summed E-state index contributed by atoms with van der Waals surface area (Å²) in [6.45, 7) is 0.275. The highest BCUT2D eigenvalue weighted by molar-refractivity contribution is 5.70. The summed E-state index contributed by atoms with van der Waals surface area (Å²) in [4.78, 5) is 15.6. The van der Waals surface area contributed by atoms with E-state index >= 15 is 0 Å². The van der Waals surface area contributed by atoms with Gasteiger partial charge >= 0.3 is 5.97 Å². The molecule has 0 bridgehead atoms. The summed E-state index contributed by atoms with van der Waals surface area (Å²) in [7, 11) is 1.47. The highest BCUT2D eigenvalue weighted by atomic mass is 19.1. The molecule has 1 fully saturated rings. The van der Waals surface area contributed by atoms with Gasteiger partial charge in [-0.25, -0.2) is 14.1 Å². The molecule has 3 aromatic rings. The van der Waals surface area contributed by atoms with Crippen molar-refractivity contribution in [1.29, 1.82) is 0 Å². The van der Waals surface area contributed by atoms with Gasteiger partial charge in [-0.2, -0.15) is 5.10 Å². The number of carbonyl (C=O) groups is 1. The maximum absolute atomic E-state index is 14.1. The van der Waals surface area contributed by atoms with Crippen molar-refractivity contribution < 1.29 is 23.4 Å². The lowest BCUT2D eigenvalue weighted by atomic mass is 10.1. The Balaban J connectivity index is 1.34. The molecule has 1 saturated carbocycles. The minimum atomic E-state index is -0.501. The molecule has 7 nitrogen and oxygen atoms in total. The van der Waals surface area contributed by atoms with Gasteiger partial charge in [0, 0.05) is 24.2 Å². The molecule has 2 heterocycles. The monoisotopic (exact) mass is 411 g/mol. The average Bonchev–Trinajstić information content (AvgIpc) is 3.45.